The molecule has 0 atom stereocenters. The van der Waals surface area contributed by atoms with Crippen LogP contribution >= 0.6 is 0 Å². The number of nitrogens with zero attached hydrogens (tertiary/aromatic N) is 3. The van der Waals surface area contributed by atoms with Crippen LogP contribution < -0.4 is 0 Å². The van der Waals surface area contributed by atoms with E-state index in [0.29, 0.717) is 0 Å². The molecule has 4 aromatic carbocycles. The second-order valence-electron chi connectivity index (χ2n) is 8.10. The quantitative estimate of drug-likeness (QED) is 0.399. The summed E-state index contributed by atoms with van der Waals surface area (Å²) in [4.78, 5) is 2.53. The summed E-state index contributed by atoms with van der Waals surface area (Å²) in [5, 5.41) is 9.60. The molecular weight excluding hydrogens is 378 g/mol. The lowest BCUT2D eigenvalue weighted by molar-refractivity contribution is 0.131. The summed E-state index contributed by atoms with van der Waals surface area (Å²) in [7, 11) is 0. The Labute approximate surface area is 184 Å². The van der Waals surface area contributed by atoms with E-state index in [4.69, 9.17) is 5.10 Å². The van der Waals surface area contributed by atoms with Crippen molar-refractivity contribution in [2.24, 2.45) is 5.10 Å². The summed E-state index contributed by atoms with van der Waals surface area (Å²) >= 11 is 0. The SMILES string of the molecule is C(=NN1CCN(Cc2cccc3ccccc23)CC1)c1ccc(-c2ccccc2)cc1. The maximum absolute atomic E-state index is 4.73. The van der Waals surface area contributed by atoms with Gasteiger partial charge in [0.2, 0.25) is 0 Å². The Hall–Kier alpha value is -3.43. The molecule has 0 radical (unpaired) electrons. The number of hydrogen-bond donors (Lipinski definition) is 0. The van der Waals surface area contributed by atoms with E-state index >= 15 is 0 Å². The van der Waals surface area contributed by atoms with Gasteiger partial charge in [-0.15, -0.1) is 0 Å². The smallest absolute Gasteiger partial charge is 0.0542 e. The number of hydrogen-bond acceptors (Lipinski definition) is 3. The van der Waals surface area contributed by atoms with E-state index in [-0.39, 0.29) is 0 Å². The normalized spacial score (nSPS) is 15.0. The molecule has 1 heterocycles. The van der Waals surface area contributed by atoms with Crippen LogP contribution in [0.4, 0.5) is 0 Å². The number of piperazine rings is 1. The van der Waals surface area contributed by atoms with Crippen LogP contribution in [0, 0.1) is 0 Å². The largest absolute Gasteiger partial charge is 0.295 e. The lowest BCUT2D eigenvalue weighted by Crippen LogP contribution is -2.43. The molecule has 1 fully saturated rings. The first-order valence-corrected chi connectivity index (χ1v) is 11.0. The van der Waals surface area contributed by atoms with Crippen molar-refractivity contribution in [1.82, 2.24) is 9.91 Å². The average Bonchev–Trinajstić information content (AvgIpc) is 2.85. The Kier molecular flexibility index (Phi) is 5.76. The van der Waals surface area contributed by atoms with Gasteiger partial charge in [-0.25, -0.2) is 0 Å². The molecular formula is C28H27N3. The van der Waals surface area contributed by atoms with E-state index in [1.807, 2.05) is 12.3 Å². The van der Waals surface area contributed by atoms with E-state index in [0.717, 1.165) is 38.3 Å². The molecule has 0 aliphatic carbocycles. The number of benzene rings is 4. The van der Waals surface area contributed by atoms with Crippen molar-refractivity contribution >= 4 is 17.0 Å². The second-order valence-corrected chi connectivity index (χ2v) is 8.10. The van der Waals surface area contributed by atoms with Crippen molar-refractivity contribution in [1.29, 1.82) is 0 Å². The first-order chi connectivity index (χ1) is 15.3. The zero-order valence-corrected chi connectivity index (χ0v) is 17.7. The molecule has 0 amide bonds. The molecule has 1 saturated heterocycles. The van der Waals surface area contributed by atoms with E-state index in [9.17, 15) is 0 Å². The second kappa shape index (κ2) is 9.15. The summed E-state index contributed by atoms with van der Waals surface area (Å²) < 4.78 is 0. The Morgan fingerprint density at radius 3 is 2.13 bits per heavy atom. The predicted octanol–water partition coefficient (Wildman–Crippen LogP) is 5.66. The molecule has 0 N–H and O–H groups in total. The van der Waals surface area contributed by atoms with Gasteiger partial charge in [-0.3, -0.25) is 9.91 Å². The maximum atomic E-state index is 4.73. The van der Waals surface area contributed by atoms with Gasteiger partial charge in [0.1, 0.15) is 0 Å². The zero-order chi connectivity index (χ0) is 20.9. The third-order valence-corrected chi connectivity index (χ3v) is 6.01. The number of rotatable bonds is 5. The molecule has 154 valence electrons. The molecule has 0 unspecified atom stereocenters. The van der Waals surface area contributed by atoms with Gasteiger partial charge in [-0.05, 0) is 33.0 Å². The van der Waals surface area contributed by atoms with E-state index in [1.54, 1.807) is 0 Å². The Morgan fingerprint density at radius 2 is 1.32 bits per heavy atom. The standard InChI is InChI=1S/C28H27N3/c1-2-7-24(8-3-1)25-15-13-23(14-16-25)21-29-31-19-17-30(18-20-31)22-27-11-6-10-26-9-4-5-12-28(26)27/h1-16,21H,17-20,22H2. The molecule has 3 nitrogen and oxygen atoms in total. The maximum Gasteiger partial charge on any atom is 0.0542 e. The van der Waals surface area contributed by atoms with Gasteiger partial charge in [0.05, 0.1) is 6.21 Å². The molecule has 0 aromatic heterocycles. The molecule has 1 aliphatic heterocycles. The zero-order valence-electron chi connectivity index (χ0n) is 17.7. The lowest BCUT2D eigenvalue weighted by Gasteiger charge is -2.33. The van der Waals surface area contributed by atoms with Gasteiger partial charge in [-0.2, -0.15) is 5.10 Å². The van der Waals surface area contributed by atoms with E-state index in [1.165, 1.54) is 27.5 Å². The van der Waals surface area contributed by atoms with Crippen molar-refractivity contribution in [2.75, 3.05) is 26.2 Å². The minimum absolute atomic E-state index is 0.962. The van der Waals surface area contributed by atoms with Gasteiger partial charge < -0.3 is 0 Å². The first-order valence-electron chi connectivity index (χ1n) is 11.0. The highest BCUT2D eigenvalue weighted by Gasteiger charge is 2.16. The summed E-state index contributed by atoms with van der Waals surface area (Å²) in [5.41, 5.74) is 5.03. The topological polar surface area (TPSA) is 18.8 Å². The Balaban J connectivity index is 1.17. The summed E-state index contributed by atoms with van der Waals surface area (Å²) in [5.74, 6) is 0. The van der Waals surface area contributed by atoms with Crippen molar-refractivity contribution < 1.29 is 0 Å². The van der Waals surface area contributed by atoms with Crippen LogP contribution in [-0.2, 0) is 6.54 Å². The Bertz CT molecular complexity index is 1150. The highest BCUT2D eigenvalue weighted by Crippen LogP contribution is 2.21. The van der Waals surface area contributed by atoms with Crippen LogP contribution in [0.1, 0.15) is 11.1 Å². The predicted molar refractivity (Wildman–Crippen MR) is 130 cm³/mol. The van der Waals surface area contributed by atoms with Crippen molar-refractivity contribution in [3.8, 4) is 11.1 Å². The molecule has 3 heteroatoms. The summed E-state index contributed by atoms with van der Waals surface area (Å²) in [6.45, 7) is 4.99. The van der Waals surface area contributed by atoms with Crippen LogP contribution in [0.15, 0.2) is 102 Å². The van der Waals surface area contributed by atoms with Gasteiger partial charge in [0.25, 0.3) is 0 Å². The molecule has 0 saturated carbocycles. The molecule has 1 aliphatic rings. The van der Waals surface area contributed by atoms with Gasteiger partial charge >= 0.3 is 0 Å². The number of fused-ring (bicyclic) bond motifs is 1. The van der Waals surface area contributed by atoms with Gasteiger partial charge in [0.15, 0.2) is 0 Å². The Morgan fingerprint density at radius 1 is 0.645 bits per heavy atom. The lowest BCUT2D eigenvalue weighted by atomic mass is 10.0. The molecule has 0 spiro atoms. The molecule has 0 bridgehead atoms. The average molecular weight is 406 g/mol. The highest BCUT2D eigenvalue weighted by molar-refractivity contribution is 5.85. The monoisotopic (exact) mass is 405 g/mol. The molecule has 31 heavy (non-hydrogen) atoms. The van der Waals surface area contributed by atoms with E-state index < -0.39 is 0 Å². The highest BCUT2D eigenvalue weighted by atomic mass is 15.5. The van der Waals surface area contributed by atoms with Crippen LogP contribution in [0.25, 0.3) is 21.9 Å². The number of hydrazone groups is 1. The molecule has 4 aromatic rings. The third kappa shape index (κ3) is 4.68. The van der Waals surface area contributed by atoms with Crippen LogP contribution in [-0.4, -0.2) is 42.3 Å². The fraction of sp³-hybridized carbons (Fsp3) is 0.179. The van der Waals surface area contributed by atoms with Crippen molar-refractivity contribution in [2.45, 2.75) is 6.54 Å². The first kappa shape index (κ1) is 19.5. The van der Waals surface area contributed by atoms with Crippen molar-refractivity contribution in [3.63, 3.8) is 0 Å². The van der Waals surface area contributed by atoms with Gasteiger partial charge in [-0.1, -0.05) is 97.1 Å². The third-order valence-electron chi connectivity index (χ3n) is 6.01. The van der Waals surface area contributed by atoms with Gasteiger partial charge in [0, 0.05) is 32.7 Å². The van der Waals surface area contributed by atoms with Crippen LogP contribution in [0.3, 0.4) is 0 Å². The van der Waals surface area contributed by atoms with E-state index in [2.05, 4.69) is 101 Å². The fourth-order valence-corrected chi connectivity index (χ4v) is 4.22. The summed E-state index contributed by atoms with van der Waals surface area (Å²) in [6.07, 6.45) is 1.98. The van der Waals surface area contributed by atoms with Crippen LogP contribution in [0.2, 0.25) is 0 Å². The minimum atomic E-state index is 0.962. The van der Waals surface area contributed by atoms with Crippen LogP contribution in [0.5, 0.6) is 0 Å². The summed E-state index contributed by atoms with van der Waals surface area (Å²) in [6, 6.07) is 34.4. The molecule has 5 rings (SSSR count). The minimum Gasteiger partial charge on any atom is -0.295 e. The fourth-order valence-electron chi connectivity index (χ4n) is 4.22. The van der Waals surface area contributed by atoms with Crippen molar-refractivity contribution in [3.05, 3.63) is 108 Å².